The molecule has 5 nitrogen and oxygen atoms in total. The van der Waals surface area contributed by atoms with E-state index in [-0.39, 0.29) is 17.7 Å². The SMILES string of the molecule is CC(C)C(=O)NCCCNC(=O)c1ccccn1. The van der Waals surface area contributed by atoms with E-state index < -0.39 is 0 Å². The number of hydrogen-bond acceptors (Lipinski definition) is 3. The quantitative estimate of drug-likeness (QED) is 0.738. The molecule has 2 N–H and O–H groups in total. The van der Waals surface area contributed by atoms with Crippen LogP contribution in [0.1, 0.15) is 30.8 Å². The summed E-state index contributed by atoms with van der Waals surface area (Å²) in [5, 5.41) is 5.54. The molecule has 0 bridgehead atoms. The van der Waals surface area contributed by atoms with Gasteiger partial charge in [0.25, 0.3) is 5.91 Å². The second kappa shape index (κ2) is 7.42. The van der Waals surface area contributed by atoms with E-state index in [1.165, 1.54) is 0 Å². The molecule has 0 radical (unpaired) electrons. The van der Waals surface area contributed by atoms with Gasteiger partial charge in [0.05, 0.1) is 0 Å². The first kappa shape index (κ1) is 14.2. The monoisotopic (exact) mass is 249 g/mol. The van der Waals surface area contributed by atoms with Crippen molar-refractivity contribution in [3.05, 3.63) is 30.1 Å². The first-order valence-electron chi connectivity index (χ1n) is 6.08. The van der Waals surface area contributed by atoms with Gasteiger partial charge >= 0.3 is 0 Å². The maximum Gasteiger partial charge on any atom is 0.269 e. The molecule has 0 spiro atoms. The minimum absolute atomic E-state index is 0.00638. The van der Waals surface area contributed by atoms with E-state index in [1.807, 2.05) is 13.8 Å². The predicted octanol–water partition coefficient (Wildman–Crippen LogP) is 0.974. The topological polar surface area (TPSA) is 71.1 Å². The zero-order valence-corrected chi connectivity index (χ0v) is 10.8. The number of amides is 2. The van der Waals surface area contributed by atoms with Gasteiger partial charge in [-0.15, -0.1) is 0 Å². The van der Waals surface area contributed by atoms with E-state index in [1.54, 1.807) is 24.4 Å². The molecule has 1 rings (SSSR count). The van der Waals surface area contributed by atoms with Gasteiger partial charge in [0.15, 0.2) is 0 Å². The molecule has 98 valence electrons. The fourth-order valence-electron chi connectivity index (χ4n) is 1.29. The van der Waals surface area contributed by atoms with Crippen LogP contribution in [0.5, 0.6) is 0 Å². The Hall–Kier alpha value is -1.91. The predicted molar refractivity (Wildman–Crippen MR) is 69.0 cm³/mol. The van der Waals surface area contributed by atoms with Crippen molar-refractivity contribution < 1.29 is 9.59 Å². The molecule has 1 aromatic heterocycles. The minimum atomic E-state index is -0.189. The summed E-state index contributed by atoms with van der Waals surface area (Å²) in [7, 11) is 0. The fraction of sp³-hybridized carbons (Fsp3) is 0.462. The van der Waals surface area contributed by atoms with Gasteiger partial charge in [0, 0.05) is 25.2 Å². The second-order valence-corrected chi connectivity index (χ2v) is 4.27. The molecule has 1 aromatic rings. The third kappa shape index (κ3) is 4.95. The molecule has 0 aliphatic heterocycles. The maximum atomic E-state index is 11.6. The van der Waals surface area contributed by atoms with Crippen molar-refractivity contribution in [1.82, 2.24) is 15.6 Å². The summed E-state index contributed by atoms with van der Waals surface area (Å²) >= 11 is 0. The average molecular weight is 249 g/mol. The second-order valence-electron chi connectivity index (χ2n) is 4.27. The maximum absolute atomic E-state index is 11.6. The molecule has 0 saturated heterocycles. The summed E-state index contributed by atoms with van der Waals surface area (Å²) in [6.07, 6.45) is 2.29. The molecule has 18 heavy (non-hydrogen) atoms. The van der Waals surface area contributed by atoms with E-state index in [4.69, 9.17) is 0 Å². The summed E-state index contributed by atoms with van der Waals surface area (Å²) in [6, 6.07) is 5.19. The van der Waals surface area contributed by atoms with Gasteiger partial charge < -0.3 is 10.6 Å². The molecule has 0 saturated carbocycles. The Morgan fingerprint density at radius 2 is 1.94 bits per heavy atom. The molecule has 0 atom stereocenters. The molecule has 5 heteroatoms. The van der Waals surface area contributed by atoms with Crippen LogP contribution in [0.25, 0.3) is 0 Å². The highest BCUT2D eigenvalue weighted by Gasteiger charge is 2.06. The van der Waals surface area contributed by atoms with Gasteiger partial charge in [-0.3, -0.25) is 14.6 Å². The summed E-state index contributed by atoms with van der Waals surface area (Å²) in [4.78, 5) is 26.8. The van der Waals surface area contributed by atoms with Gasteiger partial charge in [-0.1, -0.05) is 19.9 Å². The van der Waals surface area contributed by atoms with Gasteiger partial charge in [-0.2, -0.15) is 0 Å². The molecule has 0 aliphatic rings. The van der Waals surface area contributed by atoms with Crippen LogP contribution in [0.4, 0.5) is 0 Å². The van der Waals surface area contributed by atoms with Crippen LogP contribution in [-0.4, -0.2) is 29.9 Å². The summed E-state index contributed by atoms with van der Waals surface area (Å²) in [5.74, 6) is -0.162. The Morgan fingerprint density at radius 1 is 1.22 bits per heavy atom. The normalized spacial score (nSPS) is 10.2. The van der Waals surface area contributed by atoms with Crippen LogP contribution in [0, 0.1) is 5.92 Å². The Morgan fingerprint density at radius 3 is 2.56 bits per heavy atom. The van der Waals surface area contributed by atoms with E-state index in [9.17, 15) is 9.59 Å². The van der Waals surface area contributed by atoms with Crippen molar-refractivity contribution in [3.63, 3.8) is 0 Å². The highest BCUT2D eigenvalue weighted by molar-refractivity contribution is 5.92. The smallest absolute Gasteiger partial charge is 0.269 e. The molecule has 0 aromatic carbocycles. The summed E-state index contributed by atoms with van der Waals surface area (Å²) in [6.45, 7) is 4.78. The van der Waals surface area contributed by atoms with E-state index >= 15 is 0 Å². The van der Waals surface area contributed by atoms with Gasteiger partial charge in [0.1, 0.15) is 5.69 Å². The summed E-state index contributed by atoms with van der Waals surface area (Å²) < 4.78 is 0. The van der Waals surface area contributed by atoms with Crippen LogP contribution in [0.3, 0.4) is 0 Å². The van der Waals surface area contributed by atoms with E-state index in [0.29, 0.717) is 25.2 Å². The van der Waals surface area contributed by atoms with Crippen molar-refractivity contribution >= 4 is 11.8 Å². The van der Waals surface area contributed by atoms with Gasteiger partial charge in [-0.05, 0) is 18.6 Å². The molecule has 0 aliphatic carbocycles. The standard InChI is InChI=1S/C13H19N3O2/c1-10(2)12(17)15-8-5-9-16-13(18)11-6-3-4-7-14-11/h3-4,6-7,10H,5,8-9H2,1-2H3,(H,15,17)(H,16,18). The number of hydrogen-bond donors (Lipinski definition) is 2. The third-order valence-corrected chi connectivity index (χ3v) is 2.36. The largest absolute Gasteiger partial charge is 0.356 e. The molecule has 0 unspecified atom stereocenters. The Balaban J connectivity index is 2.15. The van der Waals surface area contributed by atoms with Crippen molar-refractivity contribution in [2.24, 2.45) is 5.92 Å². The highest BCUT2D eigenvalue weighted by Crippen LogP contribution is 1.93. The Bertz CT molecular complexity index is 390. The van der Waals surface area contributed by atoms with Crippen LogP contribution >= 0.6 is 0 Å². The molecule has 2 amide bonds. The summed E-state index contributed by atoms with van der Waals surface area (Å²) in [5.41, 5.74) is 0.406. The lowest BCUT2D eigenvalue weighted by Gasteiger charge is -2.08. The lowest BCUT2D eigenvalue weighted by Crippen LogP contribution is -2.32. The zero-order chi connectivity index (χ0) is 13.4. The zero-order valence-electron chi connectivity index (χ0n) is 10.8. The minimum Gasteiger partial charge on any atom is -0.356 e. The average Bonchev–Trinajstić information content (AvgIpc) is 2.38. The van der Waals surface area contributed by atoms with E-state index in [2.05, 4.69) is 15.6 Å². The van der Waals surface area contributed by atoms with Crippen molar-refractivity contribution in [3.8, 4) is 0 Å². The number of pyridine rings is 1. The van der Waals surface area contributed by atoms with Crippen LogP contribution < -0.4 is 10.6 Å². The molecule has 1 heterocycles. The number of carbonyl (C=O) groups is 2. The van der Waals surface area contributed by atoms with Gasteiger partial charge in [0.2, 0.25) is 5.91 Å². The molecular formula is C13H19N3O2. The number of carbonyl (C=O) groups excluding carboxylic acids is 2. The first-order chi connectivity index (χ1) is 8.61. The third-order valence-electron chi connectivity index (χ3n) is 2.36. The lowest BCUT2D eigenvalue weighted by atomic mass is 10.2. The van der Waals surface area contributed by atoms with Crippen molar-refractivity contribution in [2.75, 3.05) is 13.1 Å². The number of nitrogens with zero attached hydrogens (tertiary/aromatic N) is 1. The Labute approximate surface area is 107 Å². The van der Waals surface area contributed by atoms with E-state index in [0.717, 1.165) is 0 Å². The first-order valence-corrected chi connectivity index (χ1v) is 6.08. The molecular weight excluding hydrogens is 230 g/mol. The van der Waals surface area contributed by atoms with Crippen LogP contribution in [0.2, 0.25) is 0 Å². The van der Waals surface area contributed by atoms with Crippen LogP contribution in [0.15, 0.2) is 24.4 Å². The Kier molecular flexibility index (Phi) is 5.84. The lowest BCUT2D eigenvalue weighted by molar-refractivity contribution is -0.123. The number of rotatable bonds is 6. The van der Waals surface area contributed by atoms with Crippen molar-refractivity contribution in [2.45, 2.75) is 20.3 Å². The molecule has 0 fully saturated rings. The number of aromatic nitrogens is 1. The van der Waals surface area contributed by atoms with Crippen LogP contribution in [-0.2, 0) is 4.79 Å². The number of nitrogens with one attached hydrogen (secondary N) is 2. The van der Waals surface area contributed by atoms with Crippen molar-refractivity contribution in [1.29, 1.82) is 0 Å². The van der Waals surface area contributed by atoms with Gasteiger partial charge in [-0.25, -0.2) is 0 Å². The fourth-order valence-corrected chi connectivity index (χ4v) is 1.29. The highest BCUT2D eigenvalue weighted by atomic mass is 16.2.